The van der Waals surface area contributed by atoms with E-state index in [0.717, 1.165) is 31.7 Å². The molecule has 6 nitrogen and oxygen atoms in total. The van der Waals surface area contributed by atoms with Crippen molar-refractivity contribution in [3.63, 3.8) is 0 Å². The van der Waals surface area contributed by atoms with E-state index < -0.39 is 0 Å². The summed E-state index contributed by atoms with van der Waals surface area (Å²) in [4.78, 5) is 23.7. The maximum atomic E-state index is 11.4. The molecule has 0 N–H and O–H groups in total. The quantitative estimate of drug-likeness (QED) is 0.813. The minimum atomic E-state index is 0.127. The van der Waals surface area contributed by atoms with Crippen LogP contribution >= 0.6 is 0 Å². The van der Waals surface area contributed by atoms with Crippen LogP contribution in [0.15, 0.2) is 12.4 Å². The maximum Gasteiger partial charge on any atom is 0.219 e. The third kappa shape index (κ3) is 3.13. The molecule has 0 aromatic carbocycles. The number of carbonyl (C=O) groups is 1. The molecule has 0 radical (unpaired) electrons. The smallest absolute Gasteiger partial charge is 0.219 e. The summed E-state index contributed by atoms with van der Waals surface area (Å²) in [6.07, 6.45) is 3.44. The van der Waals surface area contributed by atoms with E-state index in [-0.39, 0.29) is 5.91 Å². The molecule has 2 rings (SSSR count). The molecule has 6 heteroatoms. The first kappa shape index (κ1) is 13.6. The SMILES string of the molecule is COc1cc(N2CCC(N(C)C(C)=O)CC2)ncn1. The lowest BCUT2D eigenvalue weighted by Crippen LogP contribution is -2.45. The molecule has 1 fully saturated rings. The van der Waals surface area contributed by atoms with E-state index >= 15 is 0 Å². The molecule has 0 unspecified atom stereocenters. The number of nitrogens with zero attached hydrogens (tertiary/aromatic N) is 4. The molecular weight excluding hydrogens is 244 g/mol. The Balaban J connectivity index is 1.97. The van der Waals surface area contributed by atoms with Crippen molar-refractivity contribution in [3.05, 3.63) is 12.4 Å². The van der Waals surface area contributed by atoms with Crippen LogP contribution in [-0.4, -0.2) is 54.1 Å². The van der Waals surface area contributed by atoms with Crippen LogP contribution in [0, 0.1) is 0 Å². The summed E-state index contributed by atoms with van der Waals surface area (Å²) >= 11 is 0. The average Bonchev–Trinajstić information content (AvgIpc) is 2.46. The highest BCUT2D eigenvalue weighted by Gasteiger charge is 2.24. The molecule has 0 atom stereocenters. The summed E-state index contributed by atoms with van der Waals surface area (Å²) in [6, 6.07) is 2.17. The van der Waals surface area contributed by atoms with Gasteiger partial charge in [-0.1, -0.05) is 0 Å². The van der Waals surface area contributed by atoms with Crippen LogP contribution in [0.3, 0.4) is 0 Å². The van der Waals surface area contributed by atoms with E-state index in [1.165, 1.54) is 6.33 Å². The first-order valence-corrected chi connectivity index (χ1v) is 6.46. The zero-order valence-electron chi connectivity index (χ0n) is 11.7. The summed E-state index contributed by atoms with van der Waals surface area (Å²) in [5.74, 6) is 1.59. The van der Waals surface area contributed by atoms with Gasteiger partial charge in [-0.3, -0.25) is 4.79 Å². The van der Waals surface area contributed by atoms with Crippen molar-refractivity contribution in [2.45, 2.75) is 25.8 Å². The number of methoxy groups -OCH3 is 1. The van der Waals surface area contributed by atoms with Crippen molar-refractivity contribution in [2.75, 3.05) is 32.1 Å². The molecule has 1 aromatic heterocycles. The molecule has 0 aliphatic carbocycles. The predicted octanol–water partition coefficient (Wildman–Crippen LogP) is 0.932. The van der Waals surface area contributed by atoms with Gasteiger partial charge in [0.15, 0.2) is 0 Å². The Labute approximate surface area is 113 Å². The highest BCUT2D eigenvalue weighted by molar-refractivity contribution is 5.73. The van der Waals surface area contributed by atoms with Crippen molar-refractivity contribution in [1.82, 2.24) is 14.9 Å². The number of hydrogen-bond acceptors (Lipinski definition) is 5. The number of rotatable bonds is 3. The Bertz CT molecular complexity index is 444. The van der Waals surface area contributed by atoms with Gasteiger partial charge in [0.2, 0.25) is 11.8 Å². The second-order valence-electron chi connectivity index (χ2n) is 4.77. The monoisotopic (exact) mass is 264 g/mol. The van der Waals surface area contributed by atoms with Crippen LogP contribution in [0.25, 0.3) is 0 Å². The molecule has 0 bridgehead atoms. The third-order valence-electron chi connectivity index (χ3n) is 3.67. The van der Waals surface area contributed by atoms with Crippen molar-refractivity contribution in [3.8, 4) is 5.88 Å². The van der Waals surface area contributed by atoms with Crippen LogP contribution in [-0.2, 0) is 4.79 Å². The molecule has 1 amide bonds. The summed E-state index contributed by atoms with van der Waals surface area (Å²) in [6.45, 7) is 3.40. The Morgan fingerprint density at radius 1 is 1.42 bits per heavy atom. The van der Waals surface area contributed by atoms with E-state index in [0.29, 0.717) is 11.9 Å². The second-order valence-corrected chi connectivity index (χ2v) is 4.77. The number of ether oxygens (including phenoxy) is 1. The summed E-state index contributed by atoms with van der Waals surface area (Å²) in [7, 11) is 3.47. The van der Waals surface area contributed by atoms with Gasteiger partial charge in [0.05, 0.1) is 7.11 Å². The average molecular weight is 264 g/mol. The van der Waals surface area contributed by atoms with Gasteiger partial charge in [-0.25, -0.2) is 9.97 Å². The third-order valence-corrected chi connectivity index (χ3v) is 3.67. The van der Waals surface area contributed by atoms with Crippen LogP contribution in [0.5, 0.6) is 5.88 Å². The van der Waals surface area contributed by atoms with Gasteiger partial charge in [-0.15, -0.1) is 0 Å². The maximum absolute atomic E-state index is 11.4. The Morgan fingerprint density at radius 3 is 2.68 bits per heavy atom. The van der Waals surface area contributed by atoms with Gasteiger partial charge >= 0.3 is 0 Å². The number of anilines is 1. The Morgan fingerprint density at radius 2 is 2.11 bits per heavy atom. The van der Waals surface area contributed by atoms with Gasteiger partial charge in [0.1, 0.15) is 12.1 Å². The van der Waals surface area contributed by atoms with Gasteiger partial charge in [-0.05, 0) is 12.8 Å². The van der Waals surface area contributed by atoms with Crippen molar-refractivity contribution < 1.29 is 9.53 Å². The molecule has 104 valence electrons. The molecule has 0 spiro atoms. The first-order chi connectivity index (χ1) is 9.11. The highest BCUT2D eigenvalue weighted by atomic mass is 16.5. The lowest BCUT2D eigenvalue weighted by Gasteiger charge is -2.36. The van der Waals surface area contributed by atoms with Crippen molar-refractivity contribution in [1.29, 1.82) is 0 Å². The van der Waals surface area contributed by atoms with Gasteiger partial charge in [-0.2, -0.15) is 0 Å². The molecular formula is C13H20N4O2. The number of amides is 1. The summed E-state index contributed by atoms with van der Waals surface area (Å²) < 4.78 is 5.11. The standard InChI is InChI=1S/C13H20N4O2/c1-10(18)16(2)11-4-6-17(7-5-11)12-8-13(19-3)15-9-14-12/h8-9,11H,4-7H2,1-3H3. The van der Waals surface area contributed by atoms with E-state index in [1.54, 1.807) is 14.0 Å². The molecule has 1 aromatic rings. The number of piperidine rings is 1. The Hall–Kier alpha value is -1.85. The highest BCUT2D eigenvalue weighted by Crippen LogP contribution is 2.22. The van der Waals surface area contributed by atoms with Crippen LogP contribution in [0.4, 0.5) is 5.82 Å². The van der Waals surface area contributed by atoms with E-state index in [4.69, 9.17) is 4.74 Å². The molecule has 1 aliphatic rings. The van der Waals surface area contributed by atoms with E-state index in [9.17, 15) is 4.79 Å². The lowest BCUT2D eigenvalue weighted by molar-refractivity contribution is -0.129. The van der Waals surface area contributed by atoms with E-state index in [1.807, 2.05) is 18.0 Å². The topological polar surface area (TPSA) is 58.6 Å². The number of aromatic nitrogens is 2. The van der Waals surface area contributed by atoms with Crippen LogP contribution in [0.2, 0.25) is 0 Å². The van der Waals surface area contributed by atoms with Gasteiger partial charge in [0.25, 0.3) is 0 Å². The largest absolute Gasteiger partial charge is 0.481 e. The molecule has 1 aliphatic heterocycles. The number of carbonyl (C=O) groups excluding carboxylic acids is 1. The minimum Gasteiger partial charge on any atom is -0.481 e. The van der Waals surface area contributed by atoms with Crippen molar-refractivity contribution >= 4 is 11.7 Å². The van der Waals surface area contributed by atoms with Crippen LogP contribution in [0.1, 0.15) is 19.8 Å². The van der Waals surface area contributed by atoms with Crippen molar-refractivity contribution in [2.24, 2.45) is 0 Å². The second kappa shape index (κ2) is 5.86. The fourth-order valence-corrected chi connectivity index (χ4v) is 2.35. The lowest BCUT2D eigenvalue weighted by atomic mass is 10.0. The zero-order chi connectivity index (χ0) is 13.8. The van der Waals surface area contributed by atoms with Gasteiger partial charge < -0.3 is 14.5 Å². The normalized spacial score (nSPS) is 16.3. The predicted molar refractivity (Wildman–Crippen MR) is 72.3 cm³/mol. The molecule has 19 heavy (non-hydrogen) atoms. The first-order valence-electron chi connectivity index (χ1n) is 6.46. The molecule has 0 saturated carbocycles. The summed E-state index contributed by atoms with van der Waals surface area (Å²) in [5, 5.41) is 0. The summed E-state index contributed by atoms with van der Waals surface area (Å²) in [5.41, 5.74) is 0. The van der Waals surface area contributed by atoms with E-state index in [2.05, 4.69) is 14.9 Å². The molecule has 2 heterocycles. The van der Waals surface area contributed by atoms with Gasteiger partial charge in [0, 0.05) is 39.2 Å². The Kier molecular flexibility index (Phi) is 4.19. The minimum absolute atomic E-state index is 0.127. The number of hydrogen-bond donors (Lipinski definition) is 0. The fraction of sp³-hybridized carbons (Fsp3) is 0.615. The zero-order valence-corrected chi connectivity index (χ0v) is 11.7. The fourth-order valence-electron chi connectivity index (χ4n) is 2.35. The molecule has 1 saturated heterocycles. The van der Waals surface area contributed by atoms with Crippen LogP contribution < -0.4 is 9.64 Å².